The van der Waals surface area contributed by atoms with Crippen molar-refractivity contribution in [3.05, 3.63) is 217 Å². The molecule has 0 unspecified atom stereocenters. The summed E-state index contributed by atoms with van der Waals surface area (Å²) in [5.74, 6) is 1.77. The molecule has 0 bridgehead atoms. The molecule has 3 aliphatic rings. The predicted molar refractivity (Wildman–Crippen MR) is 233 cm³/mol. The third-order valence-electron chi connectivity index (χ3n) is 10.5. The van der Waals surface area contributed by atoms with Crippen LogP contribution < -0.4 is 31.3 Å². The number of amidine groups is 2. The molecule has 9 rings (SSSR count). The number of anilines is 3. The van der Waals surface area contributed by atoms with Gasteiger partial charge in [0.1, 0.15) is 11.7 Å². The molecule has 0 saturated heterocycles. The molecule has 8 heteroatoms. The Morgan fingerprint density at radius 3 is 1.74 bits per heavy atom. The Balaban J connectivity index is 0.00000455. The average molecular weight is 920 g/mol. The molecule has 0 radical (unpaired) electrons. The van der Waals surface area contributed by atoms with Gasteiger partial charge in [0.15, 0.2) is 6.71 Å². The maximum atomic E-state index is 5.20. The number of rotatable bonds is 9. The summed E-state index contributed by atoms with van der Waals surface area (Å²) in [5.41, 5.74) is 11.9. The van der Waals surface area contributed by atoms with E-state index in [1.165, 1.54) is 22.2 Å². The molecular weight excluding hydrogens is 878 g/mol. The van der Waals surface area contributed by atoms with Crippen molar-refractivity contribution in [2.45, 2.75) is 33.2 Å². The quantitative estimate of drug-likeness (QED) is 0.109. The zero-order valence-electron chi connectivity index (χ0n) is 32.1. The number of para-hydroxylation sites is 1. The summed E-state index contributed by atoms with van der Waals surface area (Å²) in [6, 6.07) is 56.3. The van der Waals surface area contributed by atoms with E-state index in [-0.39, 0.29) is 33.8 Å². The number of hydrogen-bond acceptors (Lipinski definition) is 6. The number of hydrazone groups is 2. The zero-order chi connectivity index (χ0) is 38.0. The van der Waals surface area contributed by atoms with Crippen LogP contribution >= 0.6 is 0 Å². The van der Waals surface area contributed by atoms with Gasteiger partial charge in [-0.1, -0.05) is 149 Å². The van der Waals surface area contributed by atoms with Crippen molar-refractivity contribution in [2.24, 2.45) is 10.2 Å². The van der Waals surface area contributed by atoms with E-state index in [4.69, 9.17) is 10.2 Å². The van der Waals surface area contributed by atoms with Crippen LogP contribution in [-0.4, -0.2) is 29.3 Å². The first-order chi connectivity index (χ1) is 27.5. The van der Waals surface area contributed by atoms with Crippen molar-refractivity contribution >= 4 is 51.8 Å². The van der Waals surface area contributed by atoms with Crippen LogP contribution in [0.25, 0.3) is 0 Å². The fourth-order valence-corrected chi connectivity index (χ4v) is 7.97. The third-order valence-corrected chi connectivity index (χ3v) is 10.5. The molecule has 2 aliphatic heterocycles. The second kappa shape index (κ2) is 16.7. The van der Waals surface area contributed by atoms with E-state index in [1.807, 2.05) is 47.0 Å². The molecule has 57 heavy (non-hydrogen) atoms. The molecule has 6 nitrogen and oxygen atoms in total. The molecule has 2 heterocycles. The van der Waals surface area contributed by atoms with E-state index in [1.54, 1.807) is 0 Å². The fraction of sp³-hybridized carbons (Fsp3) is 0.102. The van der Waals surface area contributed by atoms with E-state index >= 15 is 0 Å². The Hall–Kier alpha value is -5.91. The smallest absolute Gasteiger partial charge is 0.478 e. The molecule has 0 amide bonds. The van der Waals surface area contributed by atoms with Crippen LogP contribution in [0.1, 0.15) is 34.2 Å². The molecule has 6 aromatic rings. The molecule has 0 aromatic heterocycles. The van der Waals surface area contributed by atoms with Gasteiger partial charge in [0.05, 0.1) is 0 Å². The van der Waals surface area contributed by atoms with Crippen molar-refractivity contribution < 1.29 is 21.1 Å². The van der Waals surface area contributed by atoms with E-state index in [0.717, 1.165) is 57.2 Å². The van der Waals surface area contributed by atoms with Gasteiger partial charge in [0.25, 0.3) is 0 Å². The topological polar surface area (TPSA) is 37.7 Å². The molecule has 6 aromatic carbocycles. The molecule has 1 aliphatic carbocycles. The maximum Gasteiger partial charge on any atom is 4.00 e. The number of allylic oxidation sites excluding steroid dienone is 2. The zero-order valence-corrected chi connectivity index (χ0v) is 34.4. The predicted octanol–water partition coefficient (Wildman–Crippen LogP) is 8.02. The Morgan fingerprint density at radius 2 is 1.16 bits per heavy atom. The van der Waals surface area contributed by atoms with Crippen LogP contribution in [0, 0.1) is 46.2 Å². The summed E-state index contributed by atoms with van der Waals surface area (Å²) in [6.45, 7) is 10.6. The van der Waals surface area contributed by atoms with Crippen LogP contribution in [0.5, 0.6) is 0 Å². The first kappa shape index (κ1) is 38.0. The number of hydrogen-bond donors (Lipinski definition) is 0. The number of benzene rings is 6. The van der Waals surface area contributed by atoms with Crippen LogP contribution in [0.15, 0.2) is 174 Å². The summed E-state index contributed by atoms with van der Waals surface area (Å²) in [6.07, 6.45) is 9.59. The van der Waals surface area contributed by atoms with Gasteiger partial charge in [0.2, 0.25) is 0 Å². The second-order valence-corrected chi connectivity index (χ2v) is 14.5. The van der Waals surface area contributed by atoms with E-state index < -0.39 is 0 Å². The second-order valence-electron chi connectivity index (χ2n) is 14.5. The summed E-state index contributed by atoms with van der Waals surface area (Å²) >= 11 is 0. The molecule has 1 atom stereocenters. The average Bonchev–Trinajstić information content (AvgIpc) is 3.90. The van der Waals surface area contributed by atoms with Crippen molar-refractivity contribution in [1.82, 2.24) is 4.90 Å². The van der Waals surface area contributed by atoms with Gasteiger partial charge < -0.3 is 19.8 Å². The van der Waals surface area contributed by atoms with Crippen molar-refractivity contribution in [2.75, 3.05) is 14.9 Å². The van der Waals surface area contributed by atoms with Crippen LogP contribution in [0.2, 0.25) is 0 Å². The molecule has 0 spiro atoms. The van der Waals surface area contributed by atoms with Gasteiger partial charge in [-0.3, -0.25) is 0 Å². The first-order valence-corrected chi connectivity index (χ1v) is 19.1. The minimum absolute atomic E-state index is 0. The van der Waals surface area contributed by atoms with E-state index in [0.29, 0.717) is 0 Å². The van der Waals surface area contributed by atoms with Gasteiger partial charge in [-0.15, -0.1) is 25.5 Å². The van der Waals surface area contributed by atoms with Gasteiger partial charge >= 0.3 is 21.1 Å². The summed E-state index contributed by atoms with van der Waals surface area (Å²) < 4.78 is 0. The monoisotopic (exact) mass is 919 g/mol. The standard InChI is InChI=1S/C49H41BN6.Pt/c1-36-30-37(2)47(38(3)31-36)50(41-22-16-28-45(32-41)55-34-53(43-24-12-6-13-25-43)48(51-55)39-18-8-4-9-19-39)42-23-17-29-46(33-42)56-35-54(44-26-14-7-15-27-44)49(52-56)40-20-10-5-11-21-40;/h4-26,28-31,34-35,44H,27H2,1-3H3;/q-4;+4/t44-;/m1./s1. The summed E-state index contributed by atoms with van der Waals surface area (Å²) in [4.78, 5) is 4.41. The Kier molecular flexibility index (Phi) is 11.1. The van der Waals surface area contributed by atoms with Crippen LogP contribution in [0.4, 0.5) is 17.1 Å². The molecular formula is C49H41BN6Pt. The number of nitrogens with zero attached hydrogens (tertiary/aromatic N) is 6. The van der Waals surface area contributed by atoms with Crippen LogP contribution in [-0.2, 0) is 21.1 Å². The maximum absolute atomic E-state index is 5.20. The fourth-order valence-electron chi connectivity index (χ4n) is 7.97. The van der Waals surface area contributed by atoms with Crippen molar-refractivity contribution in [1.29, 1.82) is 0 Å². The molecule has 0 N–H and O–H groups in total. The largest absolute Gasteiger partial charge is 4.00 e. The Morgan fingerprint density at radius 1 is 0.614 bits per heavy atom. The van der Waals surface area contributed by atoms with Gasteiger partial charge in [-0.25, -0.2) is 0 Å². The van der Waals surface area contributed by atoms with E-state index in [2.05, 4.69) is 183 Å². The van der Waals surface area contributed by atoms with Gasteiger partial charge in [-0.05, 0) is 39.3 Å². The third kappa shape index (κ3) is 7.77. The number of aryl methyl sites for hydroxylation is 3. The van der Waals surface area contributed by atoms with Crippen molar-refractivity contribution in [3.8, 4) is 0 Å². The molecule has 0 saturated carbocycles. The van der Waals surface area contributed by atoms with E-state index in [9.17, 15) is 0 Å². The van der Waals surface area contributed by atoms with Crippen LogP contribution in [0.3, 0.4) is 0 Å². The van der Waals surface area contributed by atoms with Gasteiger partial charge in [-0.2, -0.15) is 57.5 Å². The minimum atomic E-state index is -0.149. The van der Waals surface area contributed by atoms with Gasteiger partial charge in [0, 0.05) is 22.9 Å². The molecule has 280 valence electrons. The summed E-state index contributed by atoms with van der Waals surface area (Å²) in [7, 11) is 0. The minimum Gasteiger partial charge on any atom is -0.478 e. The first-order valence-electron chi connectivity index (χ1n) is 19.1. The van der Waals surface area contributed by atoms with Crippen molar-refractivity contribution in [3.63, 3.8) is 0 Å². The normalized spacial score (nSPS) is 16.1. The summed E-state index contributed by atoms with van der Waals surface area (Å²) in [5, 5.41) is 14.3. The Labute approximate surface area is 351 Å². The Bertz CT molecular complexity index is 2460. The molecule has 0 fully saturated rings. The SMILES string of the molecule is Cc1cc(C)c(B(c2[c-]c(N3[CH-]N(c4ccccc4)C(c4ccccc4)=N3)ccc2)c2[c-]c(N3[CH-]N([C@@H]4C=CC=CC4)C(c4ccccc4)=N3)ccc2)c(C)c1.[Pt+4].